The minimum absolute atomic E-state index is 0.111. The first-order valence-electron chi connectivity index (χ1n) is 11.9. The van der Waals surface area contributed by atoms with Crippen molar-refractivity contribution in [1.29, 1.82) is 0 Å². The van der Waals surface area contributed by atoms with Crippen molar-refractivity contribution in [3.63, 3.8) is 0 Å². The summed E-state index contributed by atoms with van der Waals surface area (Å²) in [5.41, 5.74) is 5.54. The molecular formula is C29H28N2O4. The number of allylic oxidation sites excluding steroid dienone is 1. The second kappa shape index (κ2) is 9.66. The van der Waals surface area contributed by atoms with Gasteiger partial charge in [-0.05, 0) is 54.7 Å². The van der Waals surface area contributed by atoms with Gasteiger partial charge >= 0.3 is 5.97 Å². The van der Waals surface area contributed by atoms with Gasteiger partial charge in [-0.25, -0.2) is 0 Å². The molecule has 0 spiro atoms. The molecule has 5 rings (SSSR count). The number of hydrogen-bond acceptors (Lipinski definition) is 6. The van der Waals surface area contributed by atoms with Crippen LogP contribution in [-0.2, 0) is 9.59 Å². The normalized spacial score (nSPS) is 19.0. The van der Waals surface area contributed by atoms with E-state index in [-0.39, 0.29) is 17.7 Å². The molecule has 0 fully saturated rings. The summed E-state index contributed by atoms with van der Waals surface area (Å²) in [6.45, 7) is 3.66. The number of benzene rings is 3. The van der Waals surface area contributed by atoms with Gasteiger partial charge in [-0.2, -0.15) is 0 Å². The van der Waals surface area contributed by atoms with Crippen LogP contribution in [0.2, 0.25) is 0 Å². The molecule has 3 aromatic rings. The highest BCUT2D eigenvalue weighted by atomic mass is 16.6. The van der Waals surface area contributed by atoms with Crippen molar-refractivity contribution in [3.05, 3.63) is 95.2 Å². The van der Waals surface area contributed by atoms with Crippen molar-refractivity contribution < 1.29 is 19.1 Å². The van der Waals surface area contributed by atoms with Crippen LogP contribution in [0.15, 0.2) is 84.1 Å². The zero-order valence-electron chi connectivity index (χ0n) is 19.8. The molecule has 0 saturated heterocycles. The minimum atomic E-state index is -0.413. The van der Waals surface area contributed by atoms with Gasteiger partial charge in [0.05, 0.1) is 24.0 Å². The number of ether oxygens (including phenoxy) is 2. The van der Waals surface area contributed by atoms with Crippen LogP contribution in [0.3, 0.4) is 0 Å². The Morgan fingerprint density at radius 1 is 0.914 bits per heavy atom. The summed E-state index contributed by atoms with van der Waals surface area (Å²) in [5, 5.41) is 7.15. The van der Waals surface area contributed by atoms with Crippen LogP contribution in [0.25, 0.3) is 0 Å². The molecule has 0 radical (unpaired) electrons. The first-order valence-corrected chi connectivity index (χ1v) is 11.9. The number of para-hydroxylation sites is 2. The van der Waals surface area contributed by atoms with Crippen LogP contribution in [0.5, 0.6) is 11.5 Å². The lowest BCUT2D eigenvalue weighted by Gasteiger charge is -2.30. The largest absolute Gasteiger partial charge is 0.490 e. The Bertz CT molecular complexity index is 1300. The average Bonchev–Trinajstić information content (AvgIpc) is 3.02. The molecule has 1 aliphatic heterocycles. The van der Waals surface area contributed by atoms with Gasteiger partial charge in [-0.1, -0.05) is 48.5 Å². The van der Waals surface area contributed by atoms with E-state index in [9.17, 15) is 9.59 Å². The molecule has 2 atom stereocenters. The van der Waals surface area contributed by atoms with Gasteiger partial charge in [0.15, 0.2) is 17.3 Å². The Morgan fingerprint density at radius 2 is 1.66 bits per heavy atom. The molecule has 6 nitrogen and oxygen atoms in total. The smallest absolute Gasteiger partial charge is 0.308 e. The molecule has 1 aliphatic carbocycles. The molecule has 0 aromatic heterocycles. The van der Waals surface area contributed by atoms with E-state index in [0.29, 0.717) is 24.5 Å². The highest BCUT2D eigenvalue weighted by Gasteiger charge is 2.36. The van der Waals surface area contributed by atoms with E-state index >= 15 is 0 Å². The average molecular weight is 469 g/mol. The molecule has 2 aliphatic rings. The molecule has 6 heteroatoms. The van der Waals surface area contributed by atoms with Gasteiger partial charge < -0.3 is 20.1 Å². The van der Waals surface area contributed by atoms with Gasteiger partial charge in [-0.3, -0.25) is 9.59 Å². The third-order valence-corrected chi connectivity index (χ3v) is 6.43. The maximum Gasteiger partial charge on any atom is 0.308 e. The third-order valence-electron chi connectivity index (χ3n) is 6.43. The van der Waals surface area contributed by atoms with E-state index < -0.39 is 5.97 Å². The van der Waals surface area contributed by atoms with Gasteiger partial charge in [0.2, 0.25) is 0 Å². The number of anilines is 2. The van der Waals surface area contributed by atoms with E-state index in [1.165, 1.54) is 12.5 Å². The summed E-state index contributed by atoms with van der Waals surface area (Å²) in [6.07, 6.45) is 1.18. The number of ketones is 1. The van der Waals surface area contributed by atoms with Crippen molar-refractivity contribution in [2.75, 3.05) is 17.2 Å². The number of carbonyl (C=O) groups excluding carboxylic acids is 2. The number of hydrogen-bond donors (Lipinski definition) is 2. The SMILES string of the molecule is CCOc1cc([C@@H]2Nc3ccccc3NC3=C2C(=O)C[C@H](c2ccccc2)C3)ccc1OC(C)=O. The maximum absolute atomic E-state index is 13.7. The summed E-state index contributed by atoms with van der Waals surface area (Å²) in [5.74, 6) is 0.651. The zero-order chi connectivity index (χ0) is 24.4. The predicted octanol–water partition coefficient (Wildman–Crippen LogP) is 5.99. The van der Waals surface area contributed by atoms with Crippen molar-refractivity contribution in [1.82, 2.24) is 0 Å². The van der Waals surface area contributed by atoms with Gasteiger partial charge in [0.25, 0.3) is 0 Å². The number of esters is 1. The summed E-state index contributed by atoms with van der Waals surface area (Å²) < 4.78 is 11.1. The standard InChI is InChI=1S/C29H28N2O4/c1-3-34-27-17-20(13-14-26(27)35-18(2)32)29-28-24(30-22-11-7-8-12-23(22)31-29)15-21(16-25(28)33)19-9-5-4-6-10-19/h4-14,17,21,29-31H,3,15-16H2,1-2H3/t21-,29+/m1/s1. The van der Waals surface area contributed by atoms with E-state index in [4.69, 9.17) is 9.47 Å². The summed E-state index contributed by atoms with van der Waals surface area (Å²) in [6, 6.07) is 23.3. The second-order valence-electron chi connectivity index (χ2n) is 8.81. The van der Waals surface area contributed by atoms with Crippen LogP contribution in [0, 0.1) is 0 Å². The first kappa shape index (κ1) is 22.7. The monoisotopic (exact) mass is 468 g/mol. The van der Waals surface area contributed by atoms with E-state index in [1.54, 1.807) is 6.07 Å². The summed E-state index contributed by atoms with van der Waals surface area (Å²) in [4.78, 5) is 25.3. The number of carbonyl (C=O) groups is 2. The fourth-order valence-corrected chi connectivity index (χ4v) is 4.91. The van der Waals surface area contributed by atoms with Crippen LogP contribution < -0.4 is 20.1 Å². The summed E-state index contributed by atoms with van der Waals surface area (Å²) in [7, 11) is 0. The van der Waals surface area contributed by atoms with Crippen LogP contribution in [0.4, 0.5) is 11.4 Å². The topological polar surface area (TPSA) is 76.7 Å². The first-order chi connectivity index (χ1) is 17.0. The van der Waals surface area contributed by atoms with E-state index in [2.05, 4.69) is 22.8 Å². The highest BCUT2D eigenvalue weighted by molar-refractivity contribution is 6.01. The quantitative estimate of drug-likeness (QED) is 0.354. The van der Waals surface area contributed by atoms with E-state index in [0.717, 1.165) is 34.6 Å². The van der Waals surface area contributed by atoms with Crippen molar-refractivity contribution in [2.45, 2.75) is 38.6 Å². The second-order valence-corrected chi connectivity index (χ2v) is 8.81. The molecule has 0 saturated carbocycles. The van der Waals surface area contributed by atoms with Gasteiger partial charge in [0, 0.05) is 24.6 Å². The Kier molecular flexibility index (Phi) is 6.27. The van der Waals surface area contributed by atoms with E-state index in [1.807, 2.05) is 61.5 Å². The zero-order valence-corrected chi connectivity index (χ0v) is 19.8. The fourth-order valence-electron chi connectivity index (χ4n) is 4.91. The molecular weight excluding hydrogens is 440 g/mol. The predicted molar refractivity (Wildman–Crippen MR) is 136 cm³/mol. The number of Topliss-reactive ketones (excluding diaryl/α,β-unsaturated/α-hetero) is 1. The number of rotatable bonds is 5. The van der Waals surface area contributed by atoms with Crippen LogP contribution in [0.1, 0.15) is 49.8 Å². The Labute approximate surface area is 205 Å². The molecule has 178 valence electrons. The van der Waals surface area contributed by atoms with Crippen LogP contribution >= 0.6 is 0 Å². The van der Waals surface area contributed by atoms with Crippen molar-refractivity contribution in [3.8, 4) is 11.5 Å². The lowest BCUT2D eigenvalue weighted by atomic mass is 9.78. The Balaban J connectivity index is 1.60. The lowest BCUT2D eigenvalue weighted by Crippen LogP contribution is -2.27. The Morgan fingerprint density at radius 3 is 2.40 bits per heavy atom. The molecule has 0 unspecified atom stereocenters. The minimum Gasteiger partial charge on any atom is -0.490 e. The fraction of sp³-hybridized carbons (Fsp3) is 0.241. The van der Waals surface area contributed by atoms with Crippen molar-refractivity contribution >= 4 is 23.1 Å². The molecule has 0 amide bonds. The number of fused-ring (bicyclic) bond motifs is 1. The lowest BCUT2D eigenvalue weighted by molar-refractivity contribution is -0.132. The molecule has 35 heavy (non-hydrogen) atoms. The maximum atomic E-state index is 13.7. The van der Waals surface area contributed by atoms with Gasteiger partial charge in [0.1, 0.15) is 0 Å². The molecule has 1 heterocycles. The van der Waals surface area contributed by atoms with Gasteiger partial charge in [-0.15, -0.1) is 0 Å². The molecule has 2 N–H and O–H groups in total. The third kappa shape index (κ3) is 4.64. The Hall–Kier alpha value is -4.06. The van der Waals surface area contributed by atoms with Crippen molar-refractivity contribution in [2.24, 2.45) is 0 Å². The molecule has 3 aromatic carbocycles. The molecule has 0 bridgehead atoms. The number of nitrogens with one attached hydrogen (secondary N) is 2. The highest BCUT2D eigenvalue weighted by Crippen LogP contribution is 2.45. The summed E-state index contributed by atoms with van der Waals surface area (Å²) >= 11 is 0. The van der Waals surface area contributed by atoms with Crippen LogP contribution in [-0.4, -0.2) is 18.4 Å².